The number of carbonyl (C=O) groups excluding carboxylic acids is 1. The molecule has 0 aromatic heterocycles. The highest BCUT2D eigenvalue weighted by atomic mass is 79.9. The average Bonchev–Trinajstić information content (AvgIpc) is 3.15. The maximum absolute atomic E-state index is 13.0. The predicted molar refractivity (Wildman–Crippen MR) is 111 cm³/mol. The minimum atomic E-state index is -0.355. The van der Waals surface area contributed by atoms with Gasteiger partial charge in [0.25, 0.3) is 0 Å². The van der Waals surface area contributed by atoms with E-state index in [0.717, 1.165) is 4.47 Å². The highest BCUT2D eigenvalue weighted by Gasteiger charge is 2.63. The van der Waals surface area contributed by atoms with Gasteiger partial charge in [-0.2, -0.15) is 0 Å². The van der Waals surface area contributed by atoms with E-state index in [0.29, 0.717) is 6.42 Å². The maximum atomic E-state index is 13.0. The van der Waals surface area contributed by atoms with Crippen molar-refractivity contribution >= 4 is 27.4 Å². The summed E-state index contributed by atoms with van der Waals surface area (Å²) in [6, 6.07) is 17.3. The third-order valence-corrected chi connectivity index (χ3v) is 6.76. The van der Waals surface area contributed by atoms with Crippen molar-refractivity contribution in [1.29, 1.82) is 0 Å². The Morgan fingerprint density at radius 3 is 2.44 bits per heavy atom. The van der Waals surface area contributed by atoms with Crippen LogP contribution >= 0.6 is 15.9 Å². The van der Waals surface area contributed by atoms with Gasteiger partial charge in [0, 0.05) is 16.4 Å². The Hall–Kier alpha value is -1.91. The highest BCUT2D eigenvalue weighted by Crippen LogP contribution is 2.61. The minimum absolute atomic E-state index is 0.101. The van der Waals surface area contributed by atoms with Crippen molar-refractivity contribution in [3.63, 3.8) is 0 Å². The van der Waals surface area contributed by atoms with Gasteiger partial charge in [-0.1, -0.05) is 52.3 Å². The number of halogens is 1. The fraction of sp³-hybridized carbons (Fsp3) is 0.348. The third-order valence-electron chi connectivity index (χ3n) is 6.27. The van der Waals surface area contributed by atoms with Crippen molar-refractivity contribution in [1.82, 2.24) is 10.0 Å². The number of hydrazine groups is 1. The summed E-state index contributed by atoms with van der Waals surface area (Å²) in [4.78, 5) is 13.0. The Morgan fingerprint density at radius 2 is 1.74 bits per heavy atom. The molecular formula is C23H23BrN2O. The van der Waals surface area contributed by atoms with Gasteiger partial charge in [-0.15, -0.1) is 0 Å². The first-order valence-electron chi connectivity index (χ1n) is 9.46. The molecule has 138 valence electrons. The van der Waals surface area contributed by atoms with Crippen LogP contribution in [0.5, 0.6) is 0 Å². The molecule has 27 heavy (non-hydrogen) atoms. The van der Waals surface area contributed by atoms with E-state index in [1.54, 1.807) is 0 Å². The van der Waals surface area contributed by atoms with Crippen LogP contribution < -0.4 is 0 Å². The van der Waals surface area contributed by atoms with Crippen LogP contribution in [0.1, 0.15) is 56.8 Å². The lowest BCUT2D eigenvalue weighted by Crippen LogP contribution is -2.49. The van der Waals surface area contributed by atoms with Crippen molar-refractivity contribution in [2.24, 2.45) is 0 Å². The van der Waals surface area contributed by atoms with E-state index >= 15 is 0 Å². The van der Waals surface area contributed by atoms with Gasteiger partial charge in [-0.05, 0) is 67.7 Å². The normalized spacial score (nSPS) is 25.0. The number of fused-ring (bicyclic) bond motifs is 5. The van der Waals surface area contributed by atoms with Crippen molar-refractivity contribution in [3.05, 3.63) is 75.3 Å². The predicted octanol–water partition coefficient (Wildman–Crippen LogP) is 5.33. The van der Waals surface area contributed by atoms with Gasteiger partial charge in [0.1, 0.15) is 0 Å². The molecule has 5 rings (SSSR count). The Balaban J connectivity index is 1.86. The molecule has 2 aromatic rings. The molecule has 0 saturated carbocycles. The first-order valence-corrected chi connectivity index (χ1v) is 10.2. The number of benzene rings is 2. The quantitative estimate of drug-likeness (QED) is 0.620. The monoisotopic (exact) mass is 422 g/mol. The molecule has 2 heterocycles. The van der Waals surface area contributed by atoms with E-state index in [-0.39, 0.29) is 23.0 Å². The highest BCUT2D eigenvalue weighted by molar-refractivity contribution is 9.10. The molecule has 1 amide bonds. The Labute approximate surface area is 168 Å². The van der Waals surface area contributed by atoms with E-state index in [1.165, 1.54) is 27.8 Å². The average molecular weight is 423 g/mol. The lowest BCUT2D eigenvalue weighted by Gasteiger charge is -2.38. The summed E-state index contributed by atoms with van der Waals surface area (Å²) in [6.45, 7) is 8.75. The number of hydrogen-bond acceptors (Lipinski definition) is 2. The van der Waals surface area contributed by atoms with Gasteiger partial charge in [-0.25, -0.2) is 5.01 Å². The summed E-state index contributed by atoms with van der Waals surface area (Å²) in [5, 5.41) is 4.37. The molecule has 0 N–H and O–H groups in total. The molecule has 0 spiro atoms. The van der Waals surface area contributed by atoms with Gasteiger partial charge in [0.05, 0.1) is 11.6 Å². The molecule has 3 aliphatic rings. The third kappa shape index (κ3) is 2.14. The van der Waals surface area contributed by atoms with Gasteiger partial charge >= 0.3 is 0 Å². The van der Waals surface area contributed by atoms with Crippen LogP contribution in [-0.4, -0.2) is 27.0 Å². The van der Waals surface area contributed by atoms with Gasteiger partial charge in [-0.3, -0.25) is 9.80 Å². The van der Waals surface area contributed by atoms with Crippen molar-refractivity contribution in [2.75, 3.05) is 0 Å². The smallest absolute Gasteiger partial charge is 0.239 e. The van der Waals surface area contributed by atoms with Crippen LogP contribution in [0.2, 0.25) is 0 Å². The molecule has 2 aliphatic heterocycles. The Morgan fingerprint density at radius 1 is 1.04 bits per heavy atom. The molecule has 0 radical (unpaired) electrons. The van der Waals surface area contributed by atoms with E-state index in [4.69, 9.17) is 0 Å². The van der Waals surface area contributed by atoms with Crippen LogP contribution in [0.4, 0.5) is 0 Å². The van der Waals surface area contributed by atoms with E-state index < -0.39 is 0 Å². The first kappa shape index (κ1) is 17.2. The van der Waals surface area contributed by atoms with E-state index in [9.17, 15) is 4.79 Å². The number of amides is 1. The van der Waals surface area contributed by atoms with Crippen LogP contribution in [0.15, 0.2) is 58.6 Å². The summed E-state index contributed by atoms with van der Waals surface area (Å²) in [5.41, 5.74) is 5.86. The number of nitrogens with zero attached hydrogens (tertiary/aromatic N) is 2. The number of rotatable bonds is 1. The molecule has 1 unspecified atom stereocenters. The summed E-state index contributed by atoms with van der Waals surface area (Å²) in [5.74, 6) is 0.218. The summed E-state index contributed by atoms with van der Waals surface area (Å²) < 4.78 is 1.08. The molecule has 2 saturated heterocycles. The fourth-order valence-electron chi connectivity index (χ4n) is 5.31. The second-order valence-electron chi connectivity index (χ2n) is 8.89. The van der Waals surface area contributed by atoms with Crippen LogP contribution in [0, 0.1) is 0 Å². The molecule has 3 nitrogen and oxygen atoms in total. The topological polar surface area (TPSA) is 23.6 Å². The summed E-state index contributed by atoms with van der Waals surface area (Å²) in [7, 11) is 0. The molecule has 4 heteroatoms. The summed E-state index contributed by atoms with van der Waals surface area (Å²) in [6.07, 6.45) is 0.560. The number of hydrogen-bond donors (Lipinski definition) is 0. The lowest BCUT2D eigenvalue weighted by molar-refractivity contribution is -0.145. The Kier molecular flexibility index (Phi) is 3.40. The van der Waals surface area contributed by atoms with Crippen molar-refractivity contribution < 1.29 is 4.79 Å². The van der Waals surface area contributed by atoms with Crippen LogP contribution in [-0.2, 0) is 4.79 Å². The van der Waals surface area contributed by atoms with E-state index in [2.05, 4.69) is 97.2 Å². The van der Waals surface area contributed by atoms with Crippen LogP contribution in [0.25, 0.3) is 5.57 Å². The lowest BCUT2D eigenvalue weighted by atomic mass is 9.85. The zero-order valence-corrected chi connectivity index (χ0v) is 17.7. The second kappa shape index (κ2) is 5.33. The second-order valence-corrected chi connectivity index (χ2v) is 9.80. The van der Waals surface area contributed by atoms with E-state index in [1.807, 2.05) is 5.01 Å². The molecule has 2 fully saturated rings. The standard InChI is InChI=1S/C23H23BrN2O/c1-22(2)13-18(27)25-23(3,4)20-19(14-8-6-5-7-9-14)16-11-10-15(24)12-17(16)21(20)26(22)25/h5-12,21H,13H2,1-4H3. The maximum Gasteiger partial charge on any atom is 0.239 e. The molecule has 1 atom stereocenters. The molecule has 1 aliphatic carbocycles. The molecule has 2 aromatic carbocycles. The summed E-state index contributed by atoms with van der Waals surface area (Å²) >= 11 is 3.66. The van der Waals surface area contributed by atoms with Crippen molar-refractivity contribution in [2.45, 2.75) is 51.2 Å². The fourth-order valence-corrected chi connectivity index (χ4v) is 5.69. The largest absolute Gasteiger partial charge is 0.273 e. The van der Waals surface area contributed by atoms with Gasteiger partial charge < -0.3 is 0 Å². The van der Waals surface area contributed by atoms with Crippen molar-refractivity contribution in [3.8, 4) is 0 Å². The first-order chi connectivity index (χ1) is 12.7. The van der Waals surface area contributed by atoms with Crippen LogP contribution in [0.3, 0.4) is 0 Å². The van der Waals surface area contributed by atoms with Gasteiger partial charge in [0.15, 0.2) is 0 Å². The minimum Gasteiger partial charge on any atom is -0.273 e. The SMILES string of the molecule is CC1(C)CC(=O)N2N1C1C(=C(c3ccccc3)c3ccc(Br)cc31)C2(C)C. The Bertz CT molecular complexity index is 1010. The van der Waals surface area contributed by atoms with Gasteiger partial charge in [0.2, 0.25) is 5.91 Å². The molecule has 0 bridgehead atoms. The zero-order valence-electron chi connectivity index (χ0n) is 16.1. The molecular weight excluding hydrogens is 400 g/mol. The zero-order chi connectivity index (χ0) is 19.1. The number of carbonyl (C=O) groups is 1.